The predicted octanol–water partition coefficient (Wildman–Crippen LogP) is 3.46. The fourth-order valence-corrected chi connectivity index (χ4v) is 2.95. The Morgan fingerprint density at radius 1 is 1.26 bits per heavy atom. The lowest BCUT2D eigenvalue weighted by atomic mass is 10.0. The minimum Gasteiger partial charge on any atom is -0.369 e. The molecule has 1 saturated heterocycles. The van der Waals surface area contributed by atoms with Gasteiger partial charge < -0.3 is 10.2 Å². The summed E-state index contributed by atoms with van der Waals surface area (Å²) in [6, 6.07) is 9.81. The molecule has 1 aromatic carbocycles. The molecular weight excluding hydrogens is 232 g/mol. The highest BCUT2D eigenvalue weighted by Crippen LogP contribution is 2.19. The number of hydrogen-bond acceptors (Lipinski definition) is 2. The van der Waals surface area contributed by atoms with Crippen molar-refractivity contribution >= 4 is 5.69 Å². The molecule has 1 atom stereocenters. The van der Waals surface area contributed by atoms with E-state index in [1.54, 1.807) is 0 Å². The number of hydrogen-bond donors (Lipinski definition) is 1. The molecule has 0 bridgehead atoms. The van der Waals surface area contributed by atoms with Crippen molar-refractivity contribution in [2.45, 2.75) is 46.1 Å². The van der Waals surface area contributed by atoms with Gasteiger partial charge in [-0.3, -0.25) is 0 Å². The van der Waals surface area contributed by atoms with Gasteiger partial charge in [0.1, 0.15) is 0 Å². The van der Waals surface area contributed by atoms with Crippen LogP contribution < -0.4 is 10.2 Å². The molecule has 1 heterocycles. The summed E-state index contributed by atoms with van der Waals surface area (Å²) in [6.45, 7) is 10.2. The number of piperazine rings is 1. The van der Waals surface area contributed by atoms with E-state index in [4.69, 9.17) is 0 Å². The normalized spacial score (nSPS) is 20.0. The van der Waals surface area contributed by atoms with Gasteiger partial charge in [0.2, 0.25) is 0 Å². The van der Waals surface area contributed by atoms with Gasteiger partial charge in [-0.2, -0.15) is 0 Å². The maximum absolute atomic E-state index is 3.64. The molecule has 1 N–H and O–H groups in total. The number of rotatable bonds is 5. The fraction of sp³-hybridized carbons (Fsp3) is 0.647. The van der Waals surface area contributed by atoms with Crippen molar-refractivity contribution in [2.75, 3.05) is 24.5 Å². The van der Waals surface area contributed by atoms with E-state index in [-0.39, 0.29) is 0 Å². The van der Waals surface area contributed by atoms with Gasteiger partial charge in [0.15, 0.2) is 0 Å². The summed E-state index contributed by atoms with van der Waals surface area (Å²) in [4.78, 5) is 2.53. The Balaban J connectivity index is 1.96. The van der Waals surface area contributed by atoms with Crippen LogP contribution in [0, 0.1) is 5.92 Å². The third-order valence-corrected chi connectivity index (χ3v) is 3.85. The van der Waals surface area contributed by atoms with E-state index in [9.17, 15) is 0 Å². The minimum absolute atomic E-state index is 0.643. The van der Waals surface area contributed by atoms with Crippen molar-refractivity contribution < 1.29 is 0 Å². The Hall–Kier alpha value is -1.02. The maximum Gasteiger partial charge on any atom is 0.0367 e. The zero-order chi connectivity index (χ0) is 13.7. The first-order chi connectivity index (χ1) is 9.19. The zero-order valence-electron chi connectivity index (χ0n) is 12.7. The predicted molar refractivity (Wildman–Crippen MR) is 83.9 cm³/mol. The number of nitrogens with zero attached hydrogens (tertiary/aromatic N) is 1. The number of aryl methyl sites for hydroxylation is 1. The molecule has 106 valence electrons. The molecule has 0 amide bonds. The molecule has 2 nitrogen and oxygen atoms in total. The van der Waals surface area contributed by atoms with Crippen molar-refractivity contribution in [3.63, 3.8) is 0 Å². The van der Waals surface area contributed by atoms with Crippen LogP contribution in [-0.2, 0) is 6.42 Å². The highest BCUT2D eigenvalue weighted by atomic mass is 15.2. The van der Waals surface area contributed by atoms with E-state index in [0.29, 0.717) is 6.04 Å². The van der Waals surface area contributed by atoms with Crippen LogP contribution in [0.15, 0.2) is 24.3 Å². The second-order valence-electron chi connectivity index (χ2n) is 6.14. The molecule has 0 radical (unpaired) electrons. The largest absolute Gasteiger partial charge is 0.369 e. The molecule has 1 aliphatic rings. The lowest BCUT2D eigenvalue weighted by Crippen LogP contribution is -2.51. The molecule has 1 aliphatic heterocycles. The van der Waals surface area contributed by atoms with E-state index in [0.717, 1.165) is 25.6 Å². The van der Waals surface area contributed by atoms with Crippen LogP contribution in [-0.4, -0.2) is 25.7 Å². The zero-order valence-corrected chi connectivity index (χ0v) is 12.7. The smallest absolute Gasteiger partial charge is 0.0367 e. The Bertz CT molecular complexity index is 369. The second kappa shape index (κ2) is 6.95. The Morgan fingerprint density at radius 2 is 2.00 bits per heavy atom. The summed E-state index contributed by atoms with van der Waals surface area (Å²) >= 11 is 0. The fourth-order valence-electron chi connectivity index (χ4n) is 2.95. The SMILES string of the molecule is CCCc1ccc(N2CCNC(CC(C)C)C2)cc1. The molecule has 0 saturated carbocycles. The van der Waals surface area contributed by atoms with Gasteiger partial charge in [0, 0.05) is 31.4 Å². The topological polar surface area (TPSA) is 15.3 Å². The first-order valence-corrected chi connectivity index (χ1v) is 7.76. The lowest BCUT2D eigenvalue weighted by Gasteiger charge is -2.36. The maximum atomic E-state index is 3.64. The van der Waals surface area contributed by atoms with Crippen LogP contribution in [0.2, 0.25) is 0 Å². The van der Waals surface area contributed by atoms with Gasteiger partial charge in [0.05, 0.1) is 0 Å². The van der Waals surface area contributed by atoms with E-state index < -0.39 is 0 Å². The van der Waals surface area contributed by atoms with Crippen LogP contribution in [0.1, 0.15) is 39.2 Å². The van der Waals surface area contributed by atoms with Crippen LogP contribution in [0.25, 0.3) is 0 Å². The van der Waals surface area contributed by atoms with Gasteiger partial charge in [-0.25, -0.2) is 0 Å². The summed E-state index contributed by atoms with van der Waals surface area (Å²) in [5, 5.41) is 3.64. The Morgan fingerprint density at radius 3 is 2.63 bits per heavy atom. The first-order valence-electron chi connectivity index (χ1n) is 7.76. The highest BCUT2D eigenvalue weighted by molar-refractivity contribution is 5.48. The van der Waals surface area contributed by atoms with Crippen molar-refractivity contribution in [1.29, 1.82) is 0 Å². The summed E-state index contributed by atoms with van der Waals surface area (Å²) in [6.07, 6.45) is 3.69. The quantitative estimate of drug-likeness (QED) is 0.872. The molecule has 0 aromatic heterocycles. The summed E-state index contributed by atoms with van der Waals surface area (Å²) < 4.78 is 0. The molecule has 1 unspecified atom stereocenters. The molecule has 0 spiro atoms. The van der Waals surface area contributed by atoms with E-state index in [2.05, 4.69) is 55.3 Å². The first kappa shape index (κ1) is 14.4. The number of benzene rings is 1. The van der Waals surface area contributed by atoms with Crippen molar-refractivity contribution in [3.05, 3.63) is 29.8 Å². The molecular formula is C17H28N2. The van der Waals surface area contributed by atoms with Gasteiger partial charge in [-0.15, -0.1) is 0 Å². The molecule has 2 rings (SSSR count). The van der Waals surface area contributed by atoms with Crippen LogP contribution in [0.3, 0.4) is 0 Å². The van der Waals surface area contributed by atoms with Crippen LogP contribution in [0.4, 0.5) is 5.69 Å². The van der Waals surface area contributed by atoms with E-state index in [1.807, 2.05) is 0 Å². The second-order valence-corrected chi connectivity index (χ2v) is 6.14. The van der Waals surface area contributed by atoms with Gasteiger partial charge in [-0.05, 0) is 36.5 Å². The summed E-state index contributed by atoms with van der Waals surface area (Å²) in [7, 11) is 0. The van der Waals surface area contributed by atoms with Crippen molar-refractivity contribution in [3.8, 4) is 0 Å². The van der Waals surface area contributed by atoms with Gasteiger partial charge in [-0.1, -0.05) is 39.3 Å². The average molecular weight is 260 g/mol. The molecule has 1 fully saturated rings. The third kappa shape index (κ3) is 4.24. The molecule has 0 aliphatic carbocycles. The molecule has 1 aromatic rings. The van der Waals surface area contributed by atoms with E-state index >= 15 is 0 Å². The Kier molecular flexibility index (Phi) is 5.26. The number of nitrogens with one attached hydrogen (secondary N) is 1. The van der Waals surface area contributed by atoms with Crippen LogP contribution in [0.5, 0.6) is 0 Å². The average Bonchev–Trinajstić information content (AvgIpc) is 2.39. The Labute approximate surface area is 118 Å². The summed E-state index contributed by atoms with van der Waals surface area (Å²) in [5.74, 6) is 0.768. The van der Waals surface area contributed by atoms with Crippen LogP contribution >= 0.6 is 0 Å². The standard InChI is InChI=1S/C17H28N2/c1-4-5-15-6-8-17(9-7-15)19-11-10-18-16(13-19)12-14(2)3/h6-9,14,16,18H,4-5,10-13H2,1-3H3. The van der Waals surface area contributed by atoms with E-state index in [1.165, 1.54) is 30.5 Å². The summed E-state index contributed by atoms with van der Waals surface area (Å²) in [5.41, 5.74) is 2.84. The van der Waals surface area contributed by atoms with Crippen molar-refractivity contribution in [2.24, 2.45) is 5.92 Å². The third-order valence-electron chi connectivity index (χ3n) is 3.85. The van der Waals surface area contributed by atoms with Gasteiger partial charge >= 0.3 is 0 Å². The molecule has 19 heavy (non-hydrogen) atoms. The van der Waals surface area contributed by atoms with Gasteiger partial charge in [0.25, 0.3) is 0 Å². The molecule has 2 heteroatoms. The highest BCUT2D eigenvalue weighted by Gasteiger charge is 2.20. The monoisotopic (exact) mass is 260 g/mol. The van der Waals surface area contributed by atoms with Crippen molar-refractivity contribution in [1.82, 2.24) is 5.32 Å². The number of anilines is 1. The minimum atomic E-state index is 0.643. The lowest BCUT2D eigenvalue weighted by molar-refractivity contribution is 0.388.